The van der Waals surface area contributed by atoms with E-state index < -0.39 is 12.2 Å². The molecule has 9 nitrogen and oxygen atoms in total. The van der Waals surface area contributed by atoms with Gasteiger partial charge in [-0.3, -0.25) is 14.9 Å². The normalized spacial score (nSPS) is 19.7. The molecule has 3 N–H and O–H groups in total. The first kappa shape index (κ1) is 17.6. The van der Waals surface area contributed by atoms with Crippen molar-refractivity contribution in [2.24, 2.45) is 0 Å². The number of hydrogen-bond donors (Lipinski definition) is 3. The molecule has 10 heteroatoms. The number of halogens is 1. The van der Waals surface area contributed by atoms with Crippen LogP contribution < -0.4 is 16.0 Å². The molecule has 0 radical (unpaired) electrons. The van der Waals surface area contributed by atoms with Crippen LogP contribution in [0, 0.1) is 0 Å². The van der Waals surface area contributed by atoms with E-state index in [9.17, 15) is 9.59 Å². The predicted molar refractivity (Wildman–Crippen MR) is 98.7 cm³/mol. The molecule has 0 saturated carbocycles. The Morgan fingerprint density at radius 2 is 2.26 bits per heavy atom. The second kappa shape index (κ2) is 7.05. The molecule has 2 unspecified atom stereocenters. The number of amides is 2. The molecule has 1 aliphatic rings. The van der Waals surface area contributed by atoms with Crippen molar-refractivity contribution in [1.29, 1.82) is 0 Å². The Morgan fingerprint density at radius 1 is 1.41 bits per heavy atom. The van der Waals surface area contributed by atoms with Gasteiger partial charge in [0.2, 0.25) is 5.91 Å². The summed E-state index contributed by atoms with van der Waals surface area (Å²) in [5.41, 5.74) is 0.519. The largest absolute Gasteiger partial charge is 0.463 e. The van der Waals surface area contributed by atoms with Crippen LogP contribution in [0.5, 0.6) is 0 Å². The molecule has 4 rings (SSSR count). The molecule has 2 atom stereocenters. The SMILES string of the molecule is CC1CC(=O)NC(n2nc(-c3ccco3)cc2NC(=O)c2ccc(Br)o2)N1. The molecule has 3 aromatic rings. The van der Waals surface area contributed by atoms with Crippen molar-refractivity contribution < 1.29 is 18.4 Å². The van der Waals surface area contributed by atoms with Crippen molar-refractivity contribution in [3.63, 3.8) is 0 Å². The van der Waals surface area contributed by atoms with E-state index in [1.54, 1.807) is 30.3 Å². The first-order chi connectivity index (χ1) is 13.0. The summed E-state index contributed by atoms with van der Waals surface area (Å²) in [5.74, 6) is 0.519. The van der Waals surface area contributed by atoms with Crippen LogP contribution in [0.4, 0.5) is 5.82 Å². The van der Waals surface area contributed by atoms with Gasteiger partial charge in [0.1, 0.15) is 11.5 Å². The molecule has 1 saturated heterocycles. The second-order valence-electron chi connectivity index (χ2n) is 6.14. The number of anilines is 1. The fourth-order valence-corrected chi connectivity index (χ4v) is 3.14. The molecule has 3 aromatic heterocycles. The highest BCUT2D eigenvalue weighted by atomic mass is 79.9. The lowest BCUT2D eigenvalue weighted by molar-refractivity contribution is -0.125. The van der Waals surface area contributed by atoms with Gasteiger partial charge < -0.3 is 19.5 Å². The standard InChI is InChI=1S/C17H16BrN5O4/c1-9-7-15(24)21-17(19-9)23-14(8-10(22-23)11-3-2-6-26-11)20-16(25)12-4-5-13(18)27-12/h2-6,8-9,17,19H,7H2,1H3,(H,20,25)(H,21,24). The zero-order valence-electron chi connectivity index (χ0n) is 14.2. The molecule has 4 heterocycles. The third kappa shape index (κ3) is 3.67. The van der Waals surface area contributed by atoms with Gasteiger partial charge >= 0.3 is 0 Å². The van der Waals surface area contributed by atoms with Crippen LogP contribution in [-0.4, -0.2) is 27.6 Å². The summed E-state index contributed by atoms with van der Waals surface area (Å²) in [6.45, 7) is 1.90. The lowest BCUT2D eigenvalue weighted by Crippen LogP contribution is -2.52. The van der Waals surface area contributed by atoms with Crippen molar-refractivity contribution in [2.75, 3.05) is 5.32 Å². The van der Waals surface area contributed by atoms with Crippen molar-refractivity contribution >= 4 is 33.6 Å². The van der Waals surface area contributed by atoms with Gasteiger partial charge in [-0.25, -0.2) is 4.68 Å². The van der Waals surface area contributed by atoms with Crippen LogP contribution in [0.3, 0.4) is 0 Å². The zero-order chi connectivity index (χ0) is 19.0. The first-order valence-corrected chi connectivity index (χ1v) is 9.04. The summed E-state index contributed by atoms with van der Waals surface area (Å²) in [6.07, 6.45) is 1.30. The van der Waals surface area contributed by atoms with Crippen molar-refractivity contribution in [2.45, 2.75) is 25.7 Å². The molecule has 1 aliphatic heterocycles. The number of aromatic nitrogens is 2. The lowest BCUT2D eigenvalue weighted by atomic mass is 10.2. The van der Waals surface area contributed by atoms with E-state index in [4.69, 9.17) is 8.83 Å². The van der Waals surface area contributed by atoms with Crippen LogP contribution in [0.1, 0.15) is 30.2 Å². The summed E-state index contributed by atoms with van der Waals surface area (Å²) >= 11 is 3.17. The van der Waals surface area contributed by atoms with Crippen molar-refractivity contribution in [1.82, 2.24) is 20.4 Å². The minimum Gasteiger partial charge on any atom is -0.463 e. The van der Waals surface area contributed by atoms with Crippen molar-refractivity contribution in [3.05, 3.63) is 47.0 Å². The number of nitrogens with one attached hydrogen (secondary N) is 3. The first-order valence-electron chi connectivity index (χ1n) is 8.25. The molecular weight excluding hydrogens is 418 g/mol. The molecule has 140 valence electrons. The van der Waals surface area contributed by atoms with Gasteiger partial charge in [-0.1, -0.05) is 0 Å². The number of carbonyl (C=O) groups excluding carboxylic acids is 2. The Bertz CT molecular complexity index is 978. The van der Waals surface area contributed by atoms with Gasteiger partial charge in [0, 0.05) is 18.5 Å². The van der Waals surface area contributed by atoms with E-state index in [1.165, 1.54) is 10.9 Å². The molecule has 0 aliphatic carbocycles. The Labute approximate surface area is 162 Å². The maximum absolute atomic E-state index is 12.5. The quantitative estimate of drug-likeness (QED) is 0.582. The summed E-state index contributed by atoms with van der Waals surface area (Å²) in [7, 11) is 0. The van der Waals surface area contributed by atoms with Gasteiger partial charge in [-0.2, -0.15) is 5.10 Å². The summed E-state index contributed by atoms with van der Waals surface area (Å²) in [4.78, 5) is 24.4. The summed E-state index contributed by atoms with van der Waals surface area (Å²) in [6, 6.07) is 8.32. The molecule has 2 amide bonds. The topological polar surface area (TPSA) is 114 Å². The molecule has 0 aromatic carbocycles. The number of nitrogens with zero attached hydrogens (tertiary/aromatic N) is 2. The Kier molecular flexibility index (Phi) is 4.58. The number of carbonyl (C=O) groups is 2. The van der Waals surface area contributed by atoms with Gasteiger partial charge in [-0.05, 0) is 47.1 Å². The smallest absolute Gasteiger partial charge is 0.292 e. The fraction of sp³-hybridized carbons (Fsp3) is 0.235. The Morgan fingerprint density at radius 3 is 2.93 bits per heavy atom. The van der Waals surface area contributed by atoms with Crippen molar-refractivity contribution in [3.8, 4) is 11.5 Å². The number of rotatable bonds is 4. The van der Waals surface area contributed by atoms with Crippen LogP contribution in [0.15, 0.2) is 50.1 Å². The highest BCUT2D eigenvalue weighted by Crippen LogP contribution is 2.26. The monoisotopic (exact) mass is 433 g/mol. The van der Waals surface area contributed by atoms with Crippen LogP contribution in [0.25, 0.3) is 11.5 Å². The molecule has 0 bridgehead atoms. The van der Waals surface area contributed by atoms with E-state index >= 15 is 0 Å². The third-order valence-electron chi connectivity index (χ3n) is 4.02. The van der Waals surface area contributed by atoms with Gasteiger partial charge in [0.25, 0.3) is 5.91 Å². The van der Waals surface area contributed by atoms with Gasteiger partial charge in [-0.15, -0.1) is 0 Å². The highest BCUT2D eigenvalue weighted by molar-refractivity contribution is 9.10. The number of furan rings is 2. The van der Waals surface area contributed by atoms with Gasteiger partial charge in [0.05, 0.1) is 6.26 Å². The molecule has 27 heavy (non-hydrogen) atoms. The summed E-state index contributed by atoms with van der Waals surface area (Å²) in [5, 5.41) is 13.3. The van der Waals surface area contributed by atoms with Crippen LogP contribution >= 0.6 is 15.9 Å². The van der Waals surface area contributed by atoms with E-state index in [0.29, 0.717) is 28.4 Å². The van der Waals surface area contributed by atoms with Crippen LogP contribution in [-0.2, 0) is 4.79 Å². The minimum absolute atomic E-state index is 0.0374. The van der Waals surface area contributed by atoms with E-state index in [-0.39, 0.29) is 17.7 Å². The number of hydrogen-bond acceptors (Lipinski definition) is 6. The Hall–Kier alpha value is -2.85. The zero-order valence-corrected chi connectivity index (χ0v) is 15.8. The maximum Gasteiger partial charge on any atom is 0.292 e. The van der Waals surface area contributed by atoms with Crippen LogP contribution in [0.2, 0.25) is 0 Å². The molecule has 1 fully saturated rings. The Balaban J connectivity index is 1.68. The molecular formula is C17H16BrN5O4. The average molecular weight is 434 g/mol. The lowest BCUT2D eigenvalue weighted by Gasteiger charge is -2.30. The highest BCUT2D eigenvalue weighted by Gasteiger charge is 2.28. The van der Waals surface area contributed by atoms with Gasteiger partial charge in [0.15, 0.2) is 22.5 Å². The molecule has 0 spiro atoms. The van der Waals surface area contributed by atoms with E-state index in [2.05, 4.69) is 37.0 Å². The average Bonchev–Trinajstić information content (AvgIpc) is 3.33. The third-order valence-corrected chi connectivity index (χ3v) is 4.45. The minimum atomic E-state index is -0.608. The van der Waals surface area contributed by atoms with E-state index in [1.807, 2.05) is 6.92 Å². The summed E-state index contributed by atoms with van der Waals surface area (Å²) < 4.78 is 12.6. The maximum atomic E-state index is 12.5. The van der Waals surface area contributed by atoms with E-state index in [0.717, 1.165) is 0 Å². The predicted octanol–water partition coefficient (Wildman–Crippen LogP) is 2.71. The second-order valence-corrected chi connectivity index (χ2v) is 6.92. The fourth-order valence-electron chi connectivity index (χ4n) is 2.83.